The molecule has 1 aromatic heterocycles. The lowest BCUT2D eigenvalue weighted by molar-refractivity contribution is -0.143. The van der Waals surface area contributed by atoms with Crippen LogP contribution in [0.5, 0.6) is 0 Å². The molecule has 0 aliphatic carbocycles. The van der Waals surface area contributed by atoms with E-state index in [9.17, 15) is 19.5 Å². The summed E-state index contributed by atoms with van der Waals surface area (Å²) in [5.41, 5.74) is 4.12. The molecule has 0 radical (unpaired) electrons. The van der Waals surface area contributed by atoms with Crippen molar-refractivity contribution in [2.24, 2.45) is 23.7 Å². The first-order valence-electron chi connectivity index (χ1n) is 16.6. The topological polar surface area (TPSA) is 106 Å². The van der Waals surface area contributed by atoms with Gasteiger partial charge in [0.1, 0.15) is 11.9 Å². The number of esters is 1. The molecule has 1 aliphatic heterocycles. The molecule has 0 saturated carbocycles. The van der Waals surface area contributed by atoms with Gasteiger partial charge in [-0.25, -0.2) is 4.79 Å². The van der Waals surface area contributed by atoms with Crippen molar-refractivity contribution in [1.29, 1.82) is 0 Å². The van der Waals surface area contributed by atoms with E-state index in [4.69, 9.17) is 4.74 Å². The summed E-state index contributed by atoms with van der Waals surface area (Å²) in [4.78, 5) is 41.1. The number of Topliss-reactive ketones (excluding diaryl/α,β-unsaturated/α-hetero) is 1. The fourth-order valence-electron chi connectivity index (χ4n) is 5.46. The summed E-state index contributed by atoms with van der Waals surface area (Å²) < 4.78 is 5.39. The number of aliphatic hydroxyl groups is 1. The molecule has 2 N–H and O–H groups in total. The Labute approximate surface area is 276 Å². The molecule has 2 rings (SSSR count). The number of nitrogens with one attached hydrogen (secondary N) is 1. The summed E-state index contributed by atoms with van der Waals surface area (Å²) in [7, 11) is 0. The van der Waals surface area contributed by atoms with Crippen molar-refractivity contribution < 1.29 is 24.2 Å². The minimum Gasteiger partial charge on any atom is -0.454 e. The van der Waals surface area contributed by atoms with E-state index in [2.05, 4.69) is 29.4 Å². The molecule has 250 valence electrons. The maximum absolute atomic E-state index is 13.2. The Morgan fingerprint density at radius 3 is 2.61 bits per heavy atom. The molecule has 46 heavy (non-hydrogen) atoms. The minimum absolute atomic E-state index is 0.00219. The number of ketones is 1. The van der Waals surface area contributed by atoms with E-state index in [1.165, 1.54) is 11.6 Å². The molecule has 0 bridgehead atoms. The number of pyridine rings is 1. The molecular formula is C39H54N2O5. The van der Waals surface area contributed by atoms with Gasteiger partial charge in [-0.15, -0.1) is 0 Å². The number of aromatic nitrogens is 1. The average molecular weight is 631 g/mol. The fraction of sp³-hybridized carbons (Fsp3) is 0.487. The zero-order chi connectivity index (χ0) is 34.1. The Hall–Kier alpha value is -3.84. The summed E-state index contributed by atoms with van der Waals surface area (Å²) in [6.07, 6.45) is 23.6. The number of aliphatic hydroxyl groups excluding tert-OH is 1. The summed E-state index contributed by atoms with van der Waals surface area (Å²) in [5.74, 6) is -1.33. The van der Waals surface area contributed by atoms with Gasteiger partial charge in [-0.2, -0.15) is 0 Å². The highest BCUT2D eigenvalue weighted by molar-refractivity contribution is 5.88. The van der Waals surface area contributed by atoms with Crippen LogP contribution in [0.15, 0.2) is 95.9 Å². The maximum Gasteiger partial charge on any atom is 0.331 e. The minimum atomic E-state index is -0.811. The summed E-state index contributed by atoms with van der Waals surface area (Å²) in [5, 5.41) is 13.9. The molecule has 0 aromatic carbocycles. The van der Waals surface area contributed by atoms with E-state index < -0.39 is 12.0 Å². The SMILES string of the molecule is CCC(=C/CC/C=C/C(C)=C/C(C)C(=O)C(C)C(O)C(C)C/C(C)=C/C(=O)NCCc1cccnc1)/C=C/C1OC(=O)C=CC1C. The van der Waals surface area contributed by atoms with Gasteiger partial charge in [0.15, 0.2) is 0 Å². The zero-order valence-corrected chi connectivity index (χ0v) is 28.7. The van der Waals surface area contributed by atoms with Crippen LogP contribution in [0, 0.1) is 23.7 Å². The smallest absolute Gasteiger partial charge is 0.331 e. The van der Waals surface area contributed by atoms with Gasteiger partial charge >= 0.3 is 5.97 Å². The van der Waals surface area contributed by atoms with Gasteiger partial charge in [0, 0.05) is 48.8 Å². The van der Waals surface area contributed by atoms with E-state index in [0.29, 0.717) is 19.4 Å². The Morgan fingerprint density at radius 1 is 1.15 bits per heavy atom. The number of allylic oxidation sites excluding steroid dienone is 8. The first-order chi connectivity index (χ1) is 21.9. The molecule has 7 heteroatoms. The van der Waals surface area contributed by atoms with E-state index >= 15 is 0 Å². The Kier molecular flexibility index (Phi) is 16.9. The molecule has 1 amide bonds. The molecule has 7 nitrogen and oxygen atoms in total. The largest absolute Gasteiger partial charge is 0.454 e. The standard InChI is InChI=1S/C39H54N2O5/c1-8-33(17-18-35-29(4)16-19-37(43)46-35)14-11-9-10-13-27(2)23-30(5)38(44)32(7)39(45)31(6)24-28(3)25-36(42)41-22-20-34-15-12-21-40-26-34/h10,12-19,21,23,25-26,29-32,35,39,45H,8-9,11,20,22,24H2,1-7H3,(H,41,42)/b13-10+,18-17+,27-23+,28-25+,33-14-. The van der Waals surface area contributed by atoms with Crippen molar-refractivity contribution in [3.8, 4) is 0 Å². The van der Waals surface area contributed by atoms with Gasteiger partial charge in [-0.05, 0) is 69.6 Å². The normalized spacial score (nSPS) is 20.4. The Bertz CT molecular complexity index is 1320. The maximum atomic E-state index is 13.2. The van der Waals surface area contributed by atoms with E-state index in [0.717, 1.165) is 36.0 Å². The van der Waals surface area contributed by atoms with Crippen LogP contribution in [0.1, 0.15) is 79.7 Å². The number of carbonyl (C=O) groups excluding carboxylic acids is 3. The lowest BCUT2D eigenvalue weighted by atomic mass is 9.83. The van der Waals surface area contributed by atoms with Gasteiger partial charge in [0.05, 0.1) is 6.10 Å². The zero-order valence-electron chi connectivity index (χ0n) is 28.7. The lowest BCUT2D eigenvalue weighted by Crippen LogP contribution is -2.34. The highest BCUT2D eigenvalue weighted by atomic mass is 16.5. The molecule has 6 atom stereocenters. The number of hydrogen-bond acceptors (Lipinski definition) is 6. The highest BCUT2D eigenvalue weighted by Crippen LogP contribution is 2.24. The number of ether oxygens (including phenoxy) is 1. The van der Waals surface area contributed by atoms with Gasteiger partial charge < -0.3 is 15.2 Å². The van der Waals surface area contributed by atoms with Crippen LogP contribution in [0.2, 0.25) is 0 Å². The Morgan fingerprint density at radius 2 is 1.91 bits per heavy atom. The van der Waals surface area contributed by atoms with Crippen molar-refractivity contribution in [1.82, 2.24) is 10.3 Å². The third kappa shape index (κ3) is 14.1. The molecular weight excluding hydrogens is 576 g/mol. The van der Waals surface area contributed by atoms with Crippen LogP contribution in [-0.2, 0) is 25.5 Å². The second-order valence-electron chi connectivity index (χ2n) is 12.5. The number of hydrogen-bond donors (Lipinski definition) is 2. The van der Waals surface area contributed by atoms with E-state index in [1.54, 1.807) is 25.4 Å². The summed E-state index contributed by atoms with van der Waals surface area (Å²) >= 11 is 0. The molecule has 2 heterocycles. The fourth-order valence-corrected chi connectivity index (χ4v) is 5.46. The predicted octanol–water partition coefficient (Wildman–Crippen LogP) is 7.21. The van der Waals surface area contributed by atoms with E-state index in [1.807, 2.05) is 77.1 Å². The second-order valence-corrected chi connectivity index (χ2v) is 12.5. The third-order valence-electron chi connectivity index (χ3n) is 8.30. The summed E-state index contributed by atoms with van der Waals surface area (Å²) in [6, 6.07) is 3.85. The number of cyclic esters (lactones) is 1. The lowest BCUT2D eigenvalue weighted by Gasteiger charge is -2.25. The molecule has 1 aromatic rings. The number of rotatable bonds is 18. The van der Waals surface area contributed by atoms with Gasteiger partial charge in [0.25, 0.3) is 0 Å². The van der Waals surface area contributed by atoms with Gasteiger partial charge in [-0.3, -0.25) is 14.6 Å². The van der Waals surface area contributed by atoms with Gasteiger partial charge in [-0.1, -0.05) is 93.9 Å². The number of amides is 1. The van der Waals surface area contributed by atoms with Crippen molar-refractivity contribution in [3.63, 3.8) is 0 Å². The van der Waals surface area contributed by atoms with Crippen LogP contribution in [-0.4, -0.2) is 46.5 Å². The van der Waals surface area contributed by atoms with Crippen LogP contribution < -0.4 is 5.32 Å². The first-order valence-corrected chi connectivity index (χ1v) is 16.6. The van der Waals surface area contributed by atoms with Crippen molar-refractivity contribution in [3.05, 3.63) is 101 Å². The highest BCUT2D eigenvalue weighted by Gasteiger charge is 2.29. The molecule has 0 saturated heterocycles. The quantitative estimate of drug-likeness (QED) is 0.0769. The van der Waals surface area contributed by atoms with Crippen LogP contribution >= 0.6 is 0 Å². The monoisotopic (exact) mass is 630 g/mol. The Balaban J connectivity index is 1.79. The van der Waals surface area contributed by atoms with Crippen molar-refractivity contribution in [2.45, 2.75) is 92.8 Å². The average Bonchev–Trinajstić information content (AvgIpc) is 3.02. The first kappa shape index (κ1) is 38.3. The second kappa shape index (κ2) is 20.3. The number of carbonyl (C=O) groups is 3. The number of unbranched alkanes of at least 4 members (excludes halogenated alkanes) is 1. The van der Waals surface area contributed by atoms with Crippen LogP contribution in [0.4, 0.5) is 0 Å². The third-order valence-corrected chi connectivity index (χ3v) is 8.30. The van der Waals surface area contributed by atoms with Gasteiger partial charge in [0.2, 0.25) is 5.91 Å². The van der Waals surface area contributed by atoms with Crippen LogP contribution in [0.25, 0.3) is 0 Å². The molecule has 1 aliphatic rings. The number of nitrogens with zero attached hydrogens (tertiary/aromatic N) is 1. The van der Waals surface area contributed by atoms with Crippen LogP contribution in [0.3, 0.4) is 0 Å². The van der Waals surface area contributed by atoms with Crippen molar-refractivity contribution in [2.75, 3.05) is 6.54 Å². The summed E-state index contributed by atoms with van der Waals surface area (Å²) in [6.45, 7) is 14.1. The predicted molar refractivity (Wildman–Crippen MR) is 186 cm³/mol. The molecule has 6 unspecified atom stereocenters. The van der Waals surface area contributed by atoms with E-state index in [-0.39, 0.29) is 41.5 Å². The van der Waals surface area contributed by atoms with Crippen molar-refractivity contribution >= 4 is 17.7 Å². The molecule has 0 fully saturated rings. The molecule has 0 spiro atoms.